The summed E-state index contributed by atoms with van der Waals surface area (Å²) in [6.45, 7) is 11.7. The van der Waals surface area contributed by atoms with E-state index in [1.165, 1.54) is 36.2 Å². The molecule has 0 aliphatic carbocycles. The number of hydrogen-bond donors (Lipinski definition) is 1. The van der Waals surface area contributed by atoms with Crippen LogP contribution in [0.1, 0.15) is 43.5 Å². The van der Waals surface area contributed by atoms with Crippen LogP contribution in [0.5, 0.6) is 5.75 Å². The largest absolute Gasteiger partial charge is 0.507 e. The molecule has 1 N–H and O–H groups in total. The number of aromatic hydroxyl groups is 1. The predicted octanol–water partition coefficient (Wildman–Crippen LogP) is 4.69. The van der Waals surface area contributed by atoms with Gasteiger partial charge < -0.3 is 24.7 Å². The highest BCUT2D eigenvalue weighted by atomic mass is 35.5. The minimum atomic E-state index is -0.788. The molecule has 3 amide bonds. The number of allylic oxidation sites excluding steroid dienone is 3. The highest BCUT2D eigenvalue weighted by Crippen LogP contribution is 2.42. The molecule has 0 saturated carbocycles. The number of amides is 3. The van der Waals surface area contributed by atoms with Gasteiger partial charge in [-0.15, -0.1) is 6.42 Å². The molecule has 0 radical (unpaired) electrons. The number of nitrogens with zero attached hydrogens (tertiary/aromatic N) is 5. The van der Waals surface area contributed by atoms with Crippen LogP contribution in [0.3, 0.4) is 0 Å². The molecule has 4 heterocycles. The second-order valence-corrected chi connectivity index (χ2v) is 12.3. The number of piperazine rings is 1. The molecular weight excluding hydrogens is 609 g/mol. The number of phenolic OH excluding ortho intramolecular Hbond substituents is 1. The highest BCUT2D eigenvalue weighted by molar-refractivity contribution is 6.35. The maximum absolute atomic E-state index is 15.0. The fourth-order valence-corrected chi connectivity index (χ4v) is 6.68. The number of hydrogen-bond acceptors (Lipinski definition) is 6. The quantitative estimate of drug-likeness (QED) is 0.375. The van der Waals surface area contributed by atoms with Crippen molar-refractivity contribution in [2.75, 3.05) is 31.6 Å². The number of benzene rings is 1. The van der Waals surface area contributed by atoms with E-state index in [-0.39, 0.29) is 71.0 Å². The Bertz CT molecular complexity index is 1790. The average molecular weight is 644 g/mol. The molecule has 3 aliphatic heterocycles. The van der Waals surface area contributed by atoms with E-state index in [0.717, 1.165) is 5.56 Å². The van der Waals surface area contributed by atoms with Crippen LogP contribution < -0.4 is 4.90 Å². The number of phenols is 1. The molecule has 0 spiro atoms. The number of carbonyl (C=O) groups is 3. The van der Waals surface area contributed by atoms with Crippen molar-refractivity contribution >= 4 is 40.6 Å². The van der Waals surface area contributed by atoms with Crippen LogP contribution in [0.2, 0.25) is 0 Å². The second-order valence-electron chi connectivity index (χ2n) is 11.9. The summed E-state index contributed by atoms with van der Waals surface area (Å²) in [5.41, 5.74) is 2.94. The molecule has 1 aromatic heterocycles. The number of aromatic nitrogens is 1. The molecule has 9 nitrogen and oxygen atoms in total. The summed E-state index contributed by atoms with van der Waals surface area (Å²) < 4.78 is 15.0. The zero-order valence-electron chi connectivity index (χ0n) is 26.3. The molecule has 3 aliphatic rings. The summed E-state index contributed by atoms with van der Waals surface area (Å²) >= 11 is 6.87. The van der Waals surface area contributed by atoms with Crippen LogP contribution in [0.25, 0.3) is 5.57 Å². The molecule has 0 bridgehead atoms. The predicted molar refractivity (Wildman–Crippen MR) is 175 cm³/mol. The number of likely N-dealkylation sites (N-methyl/N-ethyl adjacent to an activating group) is 1. The number of fused-ring (bicyclic) bond motifs is 2. The number of terminal acetylenes is 1. The molecule has 0 unspecified atom stereocenters. The van der Waals surface area contributed by atoms with Gasteiger partial charge in [0.1, 0.15) is 23.3 Å². The number of aryl methyl sites for hydroxylation is 1. The van der Waals surface area contributed by atoms with Crippen LogP contribution >= 0.6 is 11.6 Å². The van der Waals surface area contributed by atoms with Gasteiger partial charge in [-0.1, -0.05) is 44.0 Å². The zero-order valence-corrected chi connectivity index (χ0v) is 27.1. The van der Waals surface area contributed by atoms with Gasteiger partial charge in [0.2, 0.25) is 5.91 Å². The van der Waals surface area contributed by atoms with E-state index in [4.69, 9.17) is 18.0 Å². The number of rotatable bonds is 5. The van der Waals surface area contributed by atoms with Gasteiger partial charge in [0.25, 0.3) is 11.8 Å². The van der Waals surface area contributed by atoms with Crippen molar-refractivity contribution in [3.05, 3.63) is 93.8 Å². The van der Waals surface area contributed by atoms with Gasteiger partial charge in [0.05, 0.1) is 46.3 Å². The topological polar surface area (TPSA) is 97.3 Å². The number of halogens is 2. The van der Waals surface area contributed by atoms with Gasteiger partial charge in [0.15, 0.2) is 0 Å². The summed E-state index contributed by atoms with van der Waals surface area (Å²) in [5.74, 6) is 0.203. The molecule has 2 aromatic rings. The first kappa shape index (κ1) is 32.5. The summed E-state index contributed by atoms with van der Waals surface area (Å²) in [6, 6.07) is 4.54. The van der Waals surface area contributed by atoms with Gasteiger partial charge in [-0.2, -0.15) is 0 Å². The monoisotopic (exact) mass is 643 g/mol. The third-order valence-electron chi connectivity index (χ3n) is 8.64. The third-order valence-corrected chi connectivity index (χ3v) is 8.93. The Hall–Kier alpha value is -4.88. The van der Waals surface area contributed by atoms with Crippen molar-refractivity contribution in [1.29, 1.82) is 0 Å². The van der Waals surface area contributed by atoms with Gasteiger partial charge in [-0.05, 0) is 61.3 Å². The lowest BCUT2D eigenvalue weighted by Crippen LogP contribution is -2.67. The lowest BCUT2D eigenvalue weighted by atomic mass is 9.91. The lowest BCUT2D eigenvalue weighted by molar-refractivity contribution is -0.144. The zero-order chi connectivity index (χ0) is 33.6. The highest BCUT2D eigenvalue weighted by Gasteiger charge is 2.50. The van der Waals surface area contributed by atoms with E-state index in [2.05, 4.69) is 17.5 Å². The fraction of sp³-hybridized carbons (Fsp3) is 0.314. The first-order chi connectivity index (χ1) is 21.8. The molecule has 5 rings (SSSR count). The maximum Gasteiger partial charge on any atom is 0.277 e. The Labute approximate surface area is 272 Å². The van der Waals surface area contributed by atoms with Gasteiger partial charge >= 0.3 is 0 Å². The SMILES string of the molecule is C#C/C(=C(Cl)\C=C1/CN(c2c(C)ccnc2C(C)C)C(=O)C2=C1N1C[C@@H](C)N(C(=O)C=C)C[C@@H]1C(=O)N2C)c1c(O)cccc1F. The van der Waals surface area contributed by atoms with Crippen molar-refractivity contribution in [2.45, 2.75) is 45.7 Å². The van der Waals surface area contributed by atoms with Crippen LogP contribution in [-0.2, 0) is 14.4 Å². The lowest BCUT2D eigenvalue weighted by Gasteiger charge is -2.52. The van der Waals surface area contributed by atoms with Crippen molar-refractivity contribution < 1.29 is 23.9 Å². The first-order valence-corrected chi connectivity index (χ1v) is 15.2. The maximum atomic E-state index is 15.0. The molecule has 238 valence electrons. The van der Waals surface area contributed by atoms with E-state index >= 15 is 0 Å². The van der Waals surface area contributed by atoms with E-state index in [0.29, 0.717) is 22.7 Å². The summed E-state index contributed by atoms with van der Waals surface area (Å²) in [7, 11) is 1.53. The number of anilines is 1. The molecule has 2 atom stereocenters. The Morgan fingerprint density at radius 2 is 1.96 bits per heavy atom. The minimum absolute atomic E-state index is 0.0240. The van der Waals surface area contributed by atoms with Crippen molar-refractivity contribution in [3.8, 4) is 18.1 Å². The Kier molecular flexibility index (Phi) is 8.83. The third kappa shape index (κ3) is 5.35. The summed E-state index contributed by atoms with van der Waals surface area (Å²) in [4.78, 5) is 52.0. The average Bonchev–Trinajstić information content (AvgIpc) is 3.01. The van der Waals surface area contributed by atoms with E-state index in [1.807, 2.05) is 38.7 Å². The Balaban J connectivity index is 1.78. The smallest absolute Gasteiger partial charge is 0.277 e. The Morgan fingerprint density at radius 1 is 1.24 bits per heavy atom. The molecule has 46 heavy (non-hydrogen) atoms. The van der Waals surface area contributed by atoms with Crippen LogP contribution in [0.15, 0.2) is 71.2 Å². The first-order valence-electron chi connectivity index (χ1n) is 14.9. The van der Waals surface area contributed by atoms with Crippen LogP contribution in [-0.4, -0.2) is 81.3 Å². The van der Waals surface area contributed by atoms with E-state index < -0.39 is 17.8 Å². The number of carbonyl (C=O) groups excluding carboxylic acids is 3. The summed E-state index contributed by atoms with van der Waals surface area (Å²) in [5, 5.41) is 10.5. The van der Waals surface area contributed by atoms with Crippen LogP contribution in [0, 0.1) is 25.1 Å². The fourth-order valence-electron chi connectivity index (χ4n) is 6.40. The molecular formula is C35H35ClFN5O4. The normalized spacial score (nSPS) is 21.3. The van der Waals surface area contributed by atoms with E-state index in [9.17, 15) is 23.9 Å². The Morgan fingerprint density at radius 3 is 2.59 bits per heavy atom. The molecule has 1 fully saturated rings. The van der Waals surface area contributed by atoms with E-state index in [1.54, 1.807) is 22.1 Å². The van der Waals surface area contributed by atoms with Crippen molar-refractivity contribution in [1.82, 2.24) is 19.7 Å². The minimum Gasteiger partial charge on any atom is -0.507 e. The van der Waals surface area contributed by atoms with Gasteiger partial charge in [-0.3, -0.25) is 19.4 Å². The van der Waals surface area contributed by atoms with Crippen molar-refractivity contribution in [2.24, 2.45) is 0 Å². The van der Waals surface area contributed by atoms with Gasteiger partial charge in [0, 0.05) is 25.8 Å². The number of pyridine rings is 1. The van der Waals surface area contributed by atoms with Crippen LogP contribution in [0.4, 0.5) is 10.1 Å². The molecule has 11 heteroatoms. The summed E-state index contributed by atoms with van der Waals surface area (Å²) in [6.07, 6.45) is 10.3. The standard InChI is InChI=1S/C35H35ClFN5O4/c1-8-23(29-25(37)11-10-12-27(29)43)24(36)15-22-17-42(31-20(5)13-14-38-30(31)19(3)4)35(46)33-32(22)41-16-21(6)40(28(44)9-2)18-26(41)34(45)39(33)7/h1,9-15,19,21,26,43H,2,16-18H2,3-7H3/b22-15+,24-23-/t21-,26-/m1/s1. The second kappa shape index (κ2) is 12.5. The van der Waals surface area contributed by atoms with Gasteiger partial charge in [-0.25, -0.2) is 4.39 Å². The molecule has 1 saturated heterocycles. The molecule has 1 aromatic carbocycles. The van der Waals surface area contributed by atoms with Crippen molar-refractivity contribution in [3.63, 3.8) is 0 Å².